The van der Waals surface area contributed by atoms with Crippen LogP contribution < -0.4 is 9.47 Å². The SMILES string of the molecule is C=CCc1cc(/C=C2\SC(=O)N(Cc3ccccc3Br)C2=O)cc(OCC)c1OCC. The molecule has 2 amide bonds. The Kier molecular flexibility index (Phi) is 7.98. The van der Waals surface area contributed by atoms with Crippen molar-refractivity contribution in [3.05, 3.63) is 75.1 Å². The number of rotatable bonds is 9. The number of allylic oxidation sites excluding steroid dienone is 1. The normalized spacial score (nSPS) is 14.9. The topological polar surface area (TPSA) is 55.8 Å². The first-order chi connectivity index (χ1) is 15.0. The van der Waals surface area contributed by atoms with Crippen LogP contribution in [-0.4, -0.2) is 29.3 Å². The average Bonchev–Trinajstić information content (AvgIpc) is 3.00. The number of thioether (sulfide) groups is 1. The molecule has 1 aliphatic rings. The van der Waals surface area contributed by atoms with Gasteiger partial charge in [-0.3, -0.25) is 14.5 Å². The number of hydrogen-bond acceptors (Lipinski definition) is 5. The second-order valence-corrected chi connectivity index (χ2v) is 8.57. The van der Waals surface area contributed by atoms with Gasteiger partial charge in [0, 0.05) is 10.0 Å². The lowest BCUT2D eigenvalue weighted by Gasteiger charge is -2.16. The van der Waals surface area contributed by atoms with Crippen LogP contribution in [0.1, 0.15) is 30.5 Å². The van der Waals surface area contributed by atoms with Gasteiger partial charge in [0.2, 0.25) is 0 Å². The van der Waals surface area contributed by atoms with E-state index in [9.17, 15) is 9.59 Å². The Bertz CT molecular complexity index is 1030. The van der Waals surface area contributed by atoms with Crippen molar-refractivity contribution in [1.82, 2.24) is 4.90 Å². The third-order valence-electron chi connectivity index (χ3n) is 4.56. The van der Waals surface area contributed by atoms with Crippen molar-refractivity contribution in [2.24, 2.45) is 0 Å². The van der Waals surface area contributed by atoms with Crippen LogP contribution in [0.15, 0.2) is 58.4 Å². The van der Waals surface area contributed by atoms with E-state index in [2.05, 4.69) is 22.5 Å². The van der Waals surface area contributed by atoms with Crippen molar-refractivity contribution in [2.75, 3.05) is 13.2 Å². The third kappa shape index (κ3) is 5.40. The zero-order valence-corrected chi connectivity index (χ0v) is 19.9. The van der Waals surface area contributed by atoms with Crippen molar-refractivity contribution >= 4 is 44.9 Å². The van der Waals surface area contributed by atoms with E-state index in [1.54, 1.807) is 12.2 Å². The van der Waals surface area contributed by atoms with Crippen LogP contribution in [-0.2, 0) is 17.8 Å². The molecule has 2 aromatic carbocycles. The molecule has 2 aromatic rings. The second-order valence-electron chi connectivity index (χ2n) is 6.73. The standard InChI is InChI=1S/C24H24BrNO4S/c1-4-9-17-12-16(13-20(29-5-2)22(17)30-6-3)14-21-23(27)26(24(28)31-21)15-18-10-7-8-11-19(18)25/h4,7-8,10-14H,1,5-6,9,15H2,2-3H3/b21-14-. The number of ether oxygens (including phenoxy) is 2. The van der Waals surface area contributed by atoms with Crippen LogP contribution >= 0.6 is 27.7 Å². The van der Waals surface area contributed by atoms with Gasteiger partial charge in [0.1, 0.15) is 0 Å². The summed E-state index contributed by atoms with van der Waals surface area (Å²) in [5.74, 6) is 0.994. The number of carbonyl (C=O) groups excluding carboxylic acids is 2. The molecular formula is C24H24BrNO4S. The number of nitrogens with zero attached hydrogens (tertiary/aromatic N) is 1. The zero-order chi connectivity index (χ0) is 22.4. The maximum absolute atomic E-state index is 13.0. The molecule has 0 N–H and O–H groups in total. The van der Waals surface area contributed by atoms with E-state index in [4.69, 9.17) is 9.47 Å². The summed E-state index contributed by atoms with van der Waals surface area (Å²) in [4.78, 5) is 27.1. The quantitative estimate of drug-likeness (QED) is 0.301. The first-order valence-electron chi connectivity index (χ1n) is 10.0. The van der Waals surface area contributed by atoms with Crippen molar-refractivity contribution in [2.45, 2.75) is 26.8 Å². The highest BCUT2D eigenvalue weighted by Crippen LogP contribution is 2.38. The summed E-state index contributed by atoms with van der Waals surface area (Å²) in [6, 6.07) is 11.3. The predicted molar refractivity (Wildman–Crippen MR) is 128 cm³/mol. The summed E-state index contributed by atoms with van der Waals surface area (Å²) in [5, 5.41) is -0.283. The lowest BCUT2D eigenvalue weighted by molar-refractivity contribution is -0.123. The number of hydrogen-bond donors (Lipinski definition) is 0. The van der Waals surface area contributed by atoms with Crippen LogP contribution in [0.2, 0.25) is 0 Å². The highest BCUT2D eigenvalue weighted by molar-refractivity contribution is 9.10. The lowest BCUT2D eigenvalue weighted by atomic mass is 10.0. The molecule has 0 aromatic heterocycles. The minimum atomic E-state index is -0.303. The average molecular weight is 502 g/mol. The van der Waals surface area contributed by atoms with Gasteiger partial charge in [-0.25, -0.2) is 0 Å². The molecule has 1 heterocycles. The molecule has 0 radical (unpaired) electrons. The van der Waals surface area contributed by atoms with Crippen LogP contribution in [0.5, 0.6) is 11.5 Å². The van der Waals surface area contributed by atoms with E-state index in [1.807, 2.05) is 50.2 Å². The van der Waals surface area contributed by atoms with E-state index in [0.29, 0.717) is 36.0 Å². The minimum Gasteiger partial charge on any atom is -0.490 e. The fraction of sp³-hybridized carbons (Fsp3) is 0.250. The molecule has 0 atom stereocenters. The molecule has 162 valence electrons. The van der Waals surface area contributed by atoms with E-state index < -0.39 is 0 Å². The van der Waals surface area contributed by atoms with Gasteiger partial charge < -0.3 is 9.47 Å². The van der Waals surface area contributed by atoms with Crippen LogP contribution in [0.4, 0.5) is 4.79 Å². The zero-order valence-electron chi connectivity index (χ0n) is 17.5. The smallest absolute Gasteiger partial charge is 0.293 e. The maximum Gasteiger partial charge on any atom is 0.293 e. The summed E-state index contributed by atoms with van der Waals surface area (Å²) in [5.41, 5.74) is 2.57. The molecule has 7 heteroatoms. The highest BCUT2D eigenvalue weighted by Gasteiger charge is 2.35. The van der Waals surface area contributed by atoms with E-state index >= 15 is 0 Å². The third-order valence-corrected chi connectivity index (χ3v) is 6.25. The fourth-order valence-electron chi connectivity index (χ4n) is 3.23. The van der Waals surface area contributed by atoms with E-state index in [0.717, 1.165) is 32.9 Å². The first kappa shape index (κ1) is 23.2. The van der Waals surface area contributed by atoms with Crippen molar-refractivity contribution in [3.63, 3.8) is 0 Å². The van der Waals surface area contributed by atoms with Crippen LogP contribution in [0.3, 0.4) is 0 Å². The molecule has 0 unspecified atom stereocenters. The van der Waals surface area contributed by atoms with E-state index in [1.165, 1.54) is 4.90 Å². The number of amides is 2. The molecule has 1 saturated heterocycles. The van der Waals surface area contributed by atoms with Gasteiger partial charge in [-0.1, -0.05) is 40.2 Å². The Labute approximate surface area is 195 Å². The molecule has 0 bridgehead atoms. The van der Waals surface area contributed by atoms with Gasteiger partial charge in [-0.15, -0.1) is 6.58 Å². The minimum absolute atomic E-state index is 0.221. The molecule has 0 saturated carbocycles. The Morgan fingerprint density at radius 1 is 1.10 bits per heavy atom. The molecule has 1 fully saturated rings. The molecule has 5 nitrogen and oxygen atoms in total. The fourth-order valence-corrected chi connectivity index (χ4v) is 4.48. The number of benzene rings is 2. The van der Waals surface area contributed by atoms with Gasteiger partial charge >= 0.3 is 0 Å². The van der Waals surface area contributed by atoms with Gasteiger partial charge in [0.05, 0.1) is 24.7 Å². The van der Waals surface area contributed by atoms with Gasteiger partial charge in [-0.05, 0) is 67.4 Å². The Morgan fingerprint density at radius 2 is 1.84 bits per heavy atom. The van der Waals surface area contributed by atoms with Gasteiger partial charge in [-0.2, -0.15) is 0 Å². The largest absolute Gasteiger partial charge is 0.490 e. The second kappa shape index (κ2) is 10.7. The van der Waals surface area contributed by atoms with Gasteiger partial charge in [0.15, 0.2) is 11.5 Å². The number of halogens is 1. The summed E-state index contributed by atoms with van der Waals surface area (Å²) in [6.45, 7) is 8.86. The maximum atomic E-state index is 13.0. The first-order valence-corrected chi connectivity index (χ1v) is 11.6. The molecule has 31 heavy (non-hydrogen) atoms. The Hall–Kier alpha value is -2.51. The molecule has 3 rings (SSSR count). The monoisotopic (exact) mass is 501 g/mol. The molecular weight excluding hydrogens is 478 g/mol. The predicted octanol–water partition coefficient (Wildman–Crippen LogP) is 6.21. The summed E-state index contributed by atoms with van der Waals surface area (Å²) >= 11 is 4.42. The van der Waals surface area contributed by atoms with Gasteiger partial charge in [0.25, 0.3) is 11.1 Å². The number of carbonyl (C=O) groups is 2. The van der Waals surface area contributed by atoms with Crippen molar-refractivity contribution < 1.29 is 19.1 Å². The summed E-state index contributed by atoms with van der Waals surface area (Å²) < 4.78 is 12.4. The Balaban J connectivity index is 1.93. The van der Waals surface area contributed by atoms with Crippen LogP contribution in [0, 0.1) is 0 Å². The Morgan fingerprint density at radius 3 is 2.52 bits per heavy atom. The molecule has 0 aliphatic carbocycles. The molecule has 0 spiro atoms. The lowest BCUT2D eigenvalue weighted by Crippen LogP contribution is -2.27. The van der Waals surface area contributed by atoms with Crippen LogP contribution in [0.25, 0.3) is 6.08 Å². The van der Waals surface area contributed by atoms with Crippen molar-refractivity contribution in [3.8, 4) is 11.5 Å². The summed E-state index contributed by atoms with van der Waals surface area (Å²) in [6.07, 6.45) is 4.12. The van der Waals surface area contributed by atoms with E-state index in [-0.39, 0.29) is 17.7 Å². The highest BCUT2D eigenvalue weighted by atomic mass is 79.9. The number of imide groups is 1. The summed E-state index contributed by atoms with van der Waals surface area (Å²) in [7, 11) is 0. The van der Waals surface area contributed by atoms with Crippen molar-refractivity contribution in [1.29, 1.82) is 0 Å². The molecule has 1 aliphatic heterocycles.